The second kappa shape index (κ2) is 10.4. The van der Waals surface area contributed by atoms with Gasteiger partial charge in [-0.3, -0.25) is 4.79 Å². The highest BCUT2D eigenvalue weighted by molar-refractivity contribution is 5.96. The zero-order chi connectivity index (χ0) is 26.1. The average Bonchev–Trinajstić information content (AvgIpc) is 3.40. The molecule has 0 amide bonds. The van der Waals surface area contributed by atoms with Gasteiger partial charge in [0.05, 0.1) is 25.7 Å². The summed E-state index contributed by atoms with van der Waals surface area (Å²) >= 11 is 0. The van der Waals surface area contributed by atoms with E-state index in [2.05, 4.69) is 11.4 Å². The van der Waals surface area contributed by atoms with Crippen LogP contribution in [0.15, 0.2) is 65.5 Å². The normalized spacial score (nSPS) is 23.7. The lowest BCUT2D eigenvalue weighted by atomic mass is 9.68. The van der Waals surface area contributed by atoms with Gasteiger partial charge in [-0.1, -0.05) is 36.4 Å². The summed E-state index contributed by atoms with van der Waals surface area (Å²) in [4.78, 5) is 27.5. The molecule has 3 atom stereocenters. The quantitative estimate of drug-likeness (QED) is 0.511. The van der Waals surface area contributed by atoms with Crippen LogP contribution in [0, 0.1) is 12.8 Å². The van der Waals surface area contributed by atoms with Crippen molar-refractivity contribution in [2.45, 2.75) is 63.9 Å². The van der Waals surface area contributed by atoms with E-state index >= 15 is 0 Å². The van der Waals surface area contributed by atoms with Crippen molar-refractivity contribution in [3.8, 4) is 11.5 Å². The number of nitrogens with one attached hydrogen (secondary N) is 1. The van der Waals surface area contributed by atoms with Crippen molar-refractivity contribution in [3.63, 3.8) is 0 Å². The van der Waals surface area contributed by atoms with Crippen LogP contribution in [0.2, 0.25) is 0 Å². The summed E-state index contributed by atoms with van der Waals surface area (Å²) in [5, 5.41) is 3.44. The first-order valence-corrected chi connectivity index (χ1v) is 13.1. The highest BCUT2D eigenvalue weighted by Gasteiger charge is 2.45. The number of hydrogen-bond acceptors (Lipinski definition) is 6. The number of fused-ring (bicyclic) bond motifs is 1. The number of rotatable bonds is 6. The Hall–Kier alpha value is -3.54. The number of allylic oxidation sites excluding steroid dienone is 3. The minimum atomic E-state index is -0.465. The van der Waals surface area contributed by atoms with Crippen LogP contribution in [0.5, 0.6) is 11.5 Å². The van der Waals surface area contributed by atoms with E-state index in [-0.39, 0.29) is 29.7 Å². The lowest BCUT2D eigenvalue weighted by Crippen LogP contribution is -2.42. The summed E-state index contributed by atoms with van der Waals surface area (Å²) < 4.78 is 16.9. The molecule has 0 spiro atoms. The Kier molecular flexibility index (Phi) is 7.09. The van der Waals surface area contributed by atoms with Gasteiger partial charge in [0.25, 0.3) is 0 Å². The zero-order valence-corrected chi connectivity index (χ0v) is 22.0. The number of esters is 1. The molecule has 1 aliphatic heterocycles. The fraction of sp³-hybridized carbons (Fsp3) is 0.419. The smallest absolute Gasteiger partial charge is 0.336 e. The average molecular weight is 502 g/mol. The van der Waals surface area contributed by atoms with E-state index < -0.39 is 5.92 Å². The van der Waals surface area contributed by atoms with Gasteiger partial charge < -0.3 is 19.5 Å². The number of carbonyl (C=O) groups is 2. The molecule has 6 nitrogen and oxygen atoms in total. The summed E-state index contributed by atoms with van der Waals surface area (Å²) in [5.41, 5.74) is 5.21. The van der Waals surface area contributed by atoms with E-state index in [0.29, 0.717) is 23.5 Å². The van der Waals surface area contributed by atoms with Crippen molar-refractivity contribution < 1.29 is 23.8 Å². The van der Waals surface area contributed by atoms with E-state index in [1.807, 2.05) is 56.3 Å². The number of carbonyl (C=O) groups excluding carboxylic acids is 2. The topological polar surface area (TPSA) is 73.9 Å². The molecular weight excluding hydrogens is 466 g/mol. The molecule has 2 aromatic rings. The molecule has 0 radical (unpaired) electrons. The van der Waals surface area contributed by atoms with Gasteiger partial charge in [-0.05, 0) is 68.4 Å². The second-order valence-electron chi connectivity index (χ2n) is 10.3. The van der Waals surface area contributed by atoms with Crippen molar-refractivity contribution in [1.82, 2.24) is 5.32 Å². The van der Waals surface area contributed by atoms with Crippen LogP contribution in [0.25, 0.3) is 0 Å². The maximum atomic E-state index is 13.9. The molecular formula is C31H35NO5. The van der Waals surface area contributed by atoms with E-state index in [1.54, 1.807) is 14.2 Å². The largest absolute Gasteiger partial charge is 0.493 e. The number of methoxy groups -OCH3 is 2. The van der Waals surface area contributed by atoms with Crippen LogP contribution in [-0.4, -0.2) is 32.1 Å². The fourth-order valence-corrected chi connectivity index (χ4v) is 6.13. The first kappa shape index (κ1) is 25.1. The molecule has 1 fully saturated rings. The summed E-state index contributed by atoms with van der Waals surface area (Å²) in [6, 6.07) is 13.8. The van der Waals surface area contributed by atoms with Crippen LogP contribution in [0.3, 0.4) is 0 Å². The number of ketones is 1. The van der Waals surface area contributed by atoms with Gasteiger partial charge in [-0.25, -0.2) is 4.79 Å². The summed E-state index contributed by atoms with van der Waals surface area (Å²) in [6.07, 6.45) is 6.42. The van der Waals surface area contributed by atoms with Crippen molar-refractivity contribution in [3.05, 3.63) is 82.2 Å². The van der Waals surface area contributed by atoms with E-state index in [4.69, 9.17) is 14.2 Å². The van der Waals surface area contributed by atoms with Gasteiger partial charge in [0.2, 0.25) is 0 Å². The van der Waals surface area contributed by atoms with Gasteiger partial charge in [-0.2, -0.15) is 0 Å². The minimum Gasteiger partial charge on any atom is -0.493 e. The third-order valence-electron chi connectivity index (χ3n) is 8.02. The highest BCUT2D eigenvalue weighted by Crippen LogP contribution is 2.47. The van der Waals surface area contributed by atoms with Crippen molar-refractivity contribution in [2.24, 2.45) is 5.92 Å². The van der Waals surface area contributed by atoms with Crippen LogP contribution in [0.4, 0.5) is 0 Å². The number of ether oxygens (including phenoxy) is 3. The number of aryl methyl sites for hydroxylation is 1. The molecule has 37 heavy (non-hydrogen) atoms. The summed E-state index contributed by atoms with van der Waals surface area (Å²) in [7, 11) is 3.22. The maximum Gasteiger partial charge on any atom is 0.336 e. The van der Waals surface area contributed by atoms with Crippen LogP contribution >= 0.6 is 0 Å². The Labute approximate surface area is 218 Å². The Morgan fingerprint density at radius 1 is 0.946 bits per heavy atom. The summed E-state index contributed by atoms with van der Waals surface area (Å²) in [6.45, 7) is 3.95. The van der Waals surface area contributed by atoms with Crippen molar-refractivity contribution >= 4 is 11.8 Å². The number of hydrogen-bond donors (Lipinski definition) is 1. The molecule has 1 N–H and O–H groups in total. The number of Topliss-reactive ketones (excluding diaryl/α,β-unsaturated/α-hetero) is 1. The van der Waals surface area contributed by atoms with Crippen molar-refractivity contribution in [1.29, 1.82) is 0 Å². The predicted octanol–water partition coefficient (Wildman–Crippen LogP) is 5.72. The minimum absolute atomic E-state index is 0.0428. The zero-order valence-electron chi connectivity index (χ0n) is 22.0. The molecule has 6 heteroatoms. The molecule has 2 aromatic carbocycles. The molecule has 1 saturated carbocycles. The molecule has 0 bridgehead atoms. The summed E-state index contributed by atoms with van der Waals surface area (Å²) in [5.74, 6) is 0.127. The van der Waals surface area contributed by atoms with Gasteiger partial charge in [0.15, 0.2) is 11.5 Å². The number of benzene rings is 2. The van der Waals surface area contributed by atoms with E-state index in [9.17, 15) is 9.59 Å². The Bertz CT molecular complexity index is 1270. The van der Waals surface area contributed by atoms with Gasteiger partial charge in [-0.15, -0.1) is 0 Å². The Morgan fingerprint density at radius 2 is 1.68 bits per heavy atom. The van der Waals surface area contributed by atoms with Crippen LogP contribution < -0.4 is 14.8 Å². The molecule has 1 heterocycles. The first-order valence-electron chi connectivity index (χ1n) is 13.1. The third kappa shape index (κ3) is 4.77. The standard InChI is InChI=1S/C31H35NO5/c1-18-9-5-8-12-23(18)29-28(31(34)37-22-10-6-7-11-22)19(2)32-24-15-21(16-25(33)30(24)29)20-13-14-26(35-3)27(17-20)36-4/h5,8-9,12-15,17,21-22,29-30,32H,6-7,10-11,16H2,1-4H3. The van der Waals surface area contributed by atoms with Crippen molar-refractivity contribution in [2.75, 3.05) is 14.2 Å². The highest BCUT2D eigenvalue weighted by atomic mass is 16.5. The molecule has 2 aliphatic carbocycles. The molecule has 0 aromatic heterocycles. The third-order valence-corrected chi connectivity index (χ3v) is 8.02. The molecule has 0 saturated heterocycles. The molecule has 5 rings (SSSR count). The SMILES string of the molecule is COc1ccc(C2C=C3NC(C)=C(C(=O)OC4CCCC4)C(c4ccccc4C)C3C(=O)C2)cc1OC. The predicted molar refractivity (Wildman–Crippen MR) is 142 cm³/mol. The second-order valence-corrected chi connectivity index (χ2v) is 10.3. The monoisotopic (exact) mass is 501 g/mol. The van der Waals surface area contributed by atoms with E-state index in [0.717, 1.165) is 53.8 Å². The van der Waals surface area contributed by atoms with E-state index in [1.165, 1.54) is 0 Å². The Balaban J connectivity index is 1.56. The fourth-order valence-electron chi connectivity index (χ4n) is 6.13. The van der Waals surface area contributed by atoms with Crippen LogP contribution in [0.1, 0.15) is 67.6 Å². The molecule has 3 aliphatic rings. The van der Waals surface area contributed by atoms with Gasteiger partial charge in [0, 0.05) is 29.7 Å². The first-order chi connectivity index (χ1) is 17.9. The van der Waals surface area contributed by atoms with Gasteiger partial charge in [0.1, 0.15) is 11.9 Å². The lowest BCUT2D eigenvalue weighted by Gasteiger charge is -2.40. The Morgan fingerprint density at radius 3 is 2.38 bits per heavy atom. The lowest BCUT2D eigenvalue weighted by molar-refractivity contribution is -0.144. The molecule has 194 valence electrons. The van der Waals surface area contributed by atoms with Crippen LogP contribution in [-0.2, 0) is 14.3 Å². The van der Waals surface area contributed by atoms with Gasteiger partial charge >= 0.3 is 5.97 Å². The maximum absolute atomic E-state index is 13.9. The molecule has 3 unspecified atom stereocenters.